The van der Waals surface area contributed by atoms with E-state index in [0.29, 0.717) is 28.5 Å². The van der Waals surface area contributed by atoms with Gasteiger partial charge in [0.1, 0.15) is 11.5 Å². The molecule has 0 saturated carbocycles. The summed E-state index contributed by atoms with van der Waals surface area (Å²) >= 11 is 0. The molecule has 2 aromatic rings. The molecule has 0 unspecified atom stereocenters. The fourth-order valence-corrected chi connectivity index (χ4v) is 4.22. The highest BCUT2D eigenvalue weighted by Crippen LogP contribution is 2.38. The Morgan fingerprint density at radius 2 is 1.88 bits per heavy atom. The standard InChI is InChI=1S/C16H19N3O4S/c1-11-10-13(12(2)23-11)16(20)17-8-9-19-15-7-5-4-6-14(15)18(3)24(19,21)22/h4-7,10H,8-9H2,1-3H3,(H,17,20). The SMILES string of the molecule is Cc1cc(C(=O)NCCN2c3ccccc3N(C)S2(=O)=O)c(C)o1. The Balaban J connectivity index is 1.71. The molecule has 8 heteroatoms. The van der Waals surface area contributed by atoms with Crippen molar-refractivity contribution in [2.75, 3.05) is 28.7 Å². The van der Waals surface area contributed by atoms with Gasteiger partial charge in [0.15, 0.2) is 0 Å². The molecule has 0 spiro atoms. The quantitative estimate of drug-likeness (QED) is 0.913. The number of furan rings is 1. The summed E-state index contributed by atoms with van der Waals surface area (Å²) in [4.78, 5) is 12.2. The molecule has 1 N–H and O–H groups in total. The minimum atomic E-state index is -3.59. The normalized spacial score (nSPS) is 15.5. The van der Waals surface area contributed by atoms with Gasteiger partial charge in [0.25, 0.3) is 5.91 Å². The Morgan fingerprint density at radius 3 is 2.50 bits per heavy atom. The Kier molecular flexibility index (Phi) is 4.00. The molecule has 0 radical (unpaired) electrons. The molecule has 0 fully saturated rings. The molecule has 2 heterocycles. The van der Waals surface area contributed by atoms with E-state index in [0.717, 1.165) is 0 Å². The number of nitrogens with one attached hydrogen (secondary N) is 1. The zero-order valence-corrected chi connectivity index (χ0v) is 14.6. The molecular formula is C16H19N3O4S. The summed E-state index contributed by atoms with van der Waals surface area (Å²) in [6.07, 6.45) is 0. The van der Waals surface area contributed by atoms with Crippen molar-refractivity contribution < 1.29 is 17.6 Å². The van der Waals surface area contributed by atoms with Crippen LogP contribution in [0.15, 0.2) is 34.7 Å². The van der Waals surface area contributed by atoms with E-state index in [-0.39, 0.29) is 19.0 Å². The Morgan fingerprint density at radius 1 is 1.21 bits per heavy atom. The maximum absolute atomic E-state index is 12.5. The van der Waals surface area contributed by atoms with Crippen molar-refractivity contribution >= 4 is 27.5 Å². The molecule has 0 bridgehead atoms. The van der Waals surface area contributed by atoms with Crippen LogP contribution in [0.1, 0.15) is 21.9 Å². The highest BCUT2D eigenvalue weighted by molar-refractivity contribution is 7.94. The van der Waals surface area contributed by atoms with Gasteiger partial charge in [0.2, 0.25) is 0 Å². The number of carbonyl (C=O) groups excluding carboxylic acids is 1. The summed E-state index contributed by atoms with van der Waals surface area (Å²) in [7, 11) is -2.08. The van der Waals surface area contributed by atoms with Crippen LogP contribution in [0.25, 0.3) is 0 Å². The summed E-state index contributed by atoms with van der Waals surface area (Å²) in [5.41, 5.74) is 1.71. The second kappa shape index (κ2) is 5.86. The van der Waals surface area contributed by atoms with E-state index in [4.69, 9.17) is 4.42 Å². The van der Waals surface area contributed by atoms with Gasteiger partial charge >= 0.3 is 10.2 Å². The van der Waals surface area contributed by atoms with Gasteiger partial charge in [0.05, 0.1) is 23.5 Å². The topological polar surface area (TPSA) is 82.9 Å². The molecule has 7 nitrogen and oxygen atoms in total. The summed E-state index contributed by atoms with van der Waals surface area (Å²) in [5.74, 6) is 0.932. The Labute approximate surface area is 141 Å². The first-order valence-corrected chi connectivity index (χ1v) is 8.93. The fraction of sp³-hybridized carbons (Fsp3) is 0.312. The molecule has 1 aromatic carbocycles. The molecule has 0 aliphatic carbocycles. The smallest absolute Gasteiger partial charge is 0.326 e. The first-order chi connectivity index (χ1) is 11.3. The van der Waals surface area contributed by atoms with E-state index in [1.807, 2.05) is 0 Å². The summed E-state index contributed by atoms with van der Waals surface area (Å²) in [6.45, 7) is 3.85. The number of benzene rings is 1. The molecule has 1 aliphatic rings. The van der Waals surface area contributed by atoms with E-state index in [2.05, 4.69) is 5.32 Å². The predicted molar refractivity (Wildman–Crippen MR) is 91.6 cm³/mol. The summed E-state index contributed by atoms with van der Waals surface area (Å²) in [6, 6.07) is 8.75. The summed E-state index contributed by atoms with van der Waals surface area (Å²) in [5, 5.41) is 2.74. The number of hydrogen-bond donors (Lipinski definition) is 1. The van der Waals surface area contributed by atoms with Crippen LogP contribution in [0.2, 0.25) is 0 Å². The zero-order valence-electron chi connectivity index (χ0n) is 13.7. The number of amides is 1. The highest BCUT2D eigenvalue weighted by Gasteiger charge is 2.37. The number of carbonyl (C=O) groups is 1. The Bertz CT molecular complexity index is 888. The van der Waals surface area contributed by atoms with Gasteiger partial charge in [-0.1, -0.05) is 12.1 Å². The average molecular weight is 349 g/mol. The van der Waals surface area contributed by atoms with Crippen LogP contribution in [0, 0.1) is 13.8 Å². The number of para-hydroxylation sites is 2. The lowest BCUT2D eigenvalue weighted by Crippen LogP contribution is -2.40. The molecule has 24 heavy (non-hydrogen) atoms. The second-order valence-electron chi connectivity index (χ2n) is 5.62. The fourth-order valence-electron chi connectivity index (χ4n) is 2.80. The molecule has 1 amide bonds. The van der Waals surface area contributed by atoms with Gasteiger partial charge < -0.3 is 9.73 Å². The molecular weight excluding hydrogens is 330 g/mol. The average Bonchev–Trinajstić information content (AvgIpc) is 2.97. The molecule has 3 rings (SSSR count). The van der Waals surface area contributed by atoms with Crippen LogP contribution in [-0.2, 0) is 10.2 Å². The van der Waals surface area contributed by atoms with Crippen molar-refractivity contribution in [1.82, 2.24) is 5.32 Å². The van der Waals surface area contributed by atoms with Crippen LogP contribution >= 0.6 is 0 Å². The van der Waals surface area contributed by atoms with Gasteiger partial charge in [0, 0.05) is 13.6 Å². The third-order valence-corrected chi connectivity index (χ3v) is 5.83. The maximum Gasteiger partial charge on any atom is 0.326 e. The predicted octanol–water partition coefficient (Wildman–Crippen LogP) is 1.83. The lowest BCUT2D eigenvalue weighted by atomic mass is 10.2. The number of anilines is 2. The maximum atomic E-state index is 12.5. The van der Waals surface area contributed by atoms with E-state index in [9.17, 15) is 13.2 Å². The van der Waals surface area contributed by atoms with Crippen LogP contribution in [0.3, 0.4) is 0 Å². The minimum absolute atomic E-state index is 0.158. The first-order valence-electron chi connectivity index (χ1n) is 7.53. The van der Waals surface area contributed by atoms with Gasteiger partial charge in [-0.25, -0.2) is 4.31 Å². The molecule has 0 atom stereocenters. The van der Waals surface area contributed by atoms with E-state index in [1.54, 1.807) is 44.2 Å². The monoisotopic (exact) mass is 349 g/mol. The van der Waals surface area contributed by atoms with Gasteiger partial charge in [-0.15, -0.1) is 0 Å². The van der Waals surface area contributed by atoms with E-state index >= 15 is 0 Å². The van der Waals surface area contributed by atoms with Gasteiger partial charge in [-0.2, -0.15) is 8.42 Å². The molecule has 1 aromatic heterocycles. The van der Waals surface area contributed by atoms with Crippen LogP contribution in [-0.4, -0.2) is 34.5 Å². The summed E-state index contributed by atoms with van der Waals surface area (Å²) < 4.78 is 32.8. The highest BCUT2D eigenvalue weighted by atomic mass is 32.2. The largest absolute Gasteiger partial charge is 0.466 e. The van der Waals surface area contributed by atoms with Crippen molar-refractivity contribution in [2.45, 2.75) is 13.8 Å². The third-order valence-electron chi connectivity index (χ3n) is 4.00. The van der Waals surface area contributed by atoms with E-state index in [1.165, 1.54) is 15.7 Å². The zero-order chi connectivity index (χ0) is 17.5. The van der Waals surface area contributed by atoms with Crippen molar-refractivity contribution in [2.24, 2.45) is 0 Å². The number of aryl methyl sites for hydroxylation is 2. The van der Waals surface area contributed by atoms with Gasteiger partial charge in [-0.05, 0) is 32.0 Å². The van der Waals surface area contributed by atoms with Crippen molar-refractivity contribution in [3.05, 3.63) is 47.4 Å². The Hall–Kier alpha value is -2.48. The van der Waals surface area contributed by atoms with Crippen LogP contribution in [0.5, 0.6) is 0 Å². The number of nitrogens with zero attached hydrogens (tertiary/aromatic N) is 2. The van der Waals surface area contributed by atoms with Crippen LogP contribution in [0.4, 0.5) is 11.4 Å². The first kappa shape index (κ1) is 16.4. The van der Waals surface area contributed by atoms with Crippen molar-refractivity contribution in [3.63, 3.8) is 0 Å². The molecule has 0 saturated heterocycles. The third kappa shape index (κ3) is 2.62. The lowest BCUT2D eigenvalue weighted by molar-refractivity contribution is 0.0953. The van der Waals surface area contributed by atoms with Crippen LogP contribution < -0.4 is 13.9 Å². The second-order valence-corrected chi connectivity index (χ2v) is 7.50. The van der Waals surface area contributed by atoms with Crippen molar-refractivity contribution in [1.29, 1.82) is 0 Å². The van der Waals surface area contributed by atoms with Crippen molar-refractivity contribution in [3.8, 4) is 0 Å². The number of rotatable bonds is 4. The van der Waals surface area contributed by atoms with E-state index < -0.39 is 10.2 Å². The minimum Gasteiger partial charge on any atom is -0.466 e. The molecule has 1 aliphatic heterocycles. The number of fused-ring (bicyclic) bond motifs is 1. The number of hydrogen-bond acceptors (Lipinski definition) is 4. The lowest BCUT2D eigenvalue weighted by Gasteiger charge is -2.19. The molecule has 128 valence electrons. The van der Waals surface area contributed by atoms with Gasteiger partial charge in [-0.3, -0.25) is 9.10 Å².